The number of rotatable bonds is 5. The van der Waals surface area contributed by atoms with Crippen LogP contribution in [-0.4, -0.2) is 43.8 Å². The molecule has 2 fully saturated rings. The summed E-state index contributed by atoms with van der Waals surface area (Å²) < 4.78 is 30.6. The minimum Gasteiger partial charge on any atom is -0.393 e. The summed E-state index contributed by atoms with van der Waals surface area (Å²) in [5.41, 5.74) is 1.05. The number of benzene rings is 1. The fraction of sp³-hybridized carbons (Fsp3) is 0.522. The lowest BCUT2D eigenvalue weighted by Crippen LogP contribution is -2.37. The Hall–Kier alpha value is -2.81. The third-order valence-electron chi connectivity index (χ3n) is 6.84. The van der Waals surface area contributed by atoms with Gasteiger partial charge in [-0.25, -0.2) is 18.7 Å². The van der Waals surface area contributed by atoms with Crippen molar-refractivity contribution in [3.63, 3.8) is 0 Å². The average Bonchev–Trinajstić information content (AvgIpc) is 3.43. The van der Waals surface area contributed by atoms with E-state index in [1.165, 1.54) is 18.2 Å². The van der Waals surface area contributed by atoms with E-state index in [1.807, 2.05) is 11.6 Å². The summed E-state index contributed by atoms with van der Waals surface area (Å²) in [5, 5.41) is 12.7. The number of aromatic nitrogens is 4. The third kappa shape index (κ3) is 3.90. The molecule has 32 heavy (non-hydrogen) atoms. The Morgan fingerprint density at radius 3 is 2.41 bits per heavy atom. The van der Waals surface area contributed by atoms with Crippen molar-refractivity contribution in [3.8, 4) is 0 Å². The summed E-state index contributed by atoms with van der Waals surface area (Å²) in [6, 6.07) is 4.22. The molecule has 3 aromatic rings. The van der Waals surface area contributed by atoms with Crippen molar-refractivity contribution < 1.29 is 13.9 Å². The van der Waals surface area contributed by atoms with Gasteiger partial charge in [-0.1, -0.05) is 18.9 Å². The number of nitrogens with zero attached hydrogens (tertiary/aromatic N) is 5. The first-order valence-corrected chi connectivity index (χ1v) is 11.4. The van der Waals surface area contributed by atoms with Gasteiger partial charge >= 0.3 is 0 Å². The van der Waals surface area contributed by atoms with Gasteiger partial charge in [-0.15, -0.1) is 0 Å². The van der Waals surface area contributed by atoms with Gasteiger partial charge in [-0.2, -0.15) is 4.98 Å². The van der Waals surface area contributed by atoms with Crippen LogP contribution >= 0.6 is 0 Å². The van der Waals surface area contributed by atoms with E-state index in [0.717, 1.165) is 51.4 Å². The highest BCUT2D eigenvalue weighted by atomic mass is 19.1. The van der Waals surface area contributed by atoms with Crippen molar-refractivity contribution in [1.29, 1.82) is 0 Å². The van der Waals surface area contributed by atoms with Gasteiger partial charge in [-0.3, -0.25) is 4.57 Å². The first kappa shape index (κ1) is 21.1. The fourth-order valence-corrected chi connectivity index (χ4v) is 4.99. The number of para-hydroxylation sites is 1. The van der Waals surface area contributed by atoms with Gasteiger partial charge in [0.05, 0.1) is 12.3 Å². The average molecular weight is 443 g/mol. The molecule has 2 N–H and O–H groups in total. The summed E-state index contributed by atoms with van der Waals surface area (Å²) in [6.45, 7) is 0. The Morgan fingerprint density at radius 1 is 1.03 bits per heavy atom. The second kappa shape index (κ2) is 8.61. The molecule has 2 saturated carbocycles. The zero-order valence-corrected chi connectivity index (χ0v) is 18.1. The Kier molecular flexibility index (Phi) is 5.67. The van der Waals surface area contributed by atoms with Gasteiger partial charge in [0.25, 0.3) is 0 Å². The lowest BCUT2D eigenvalue weighted by atomic mass is 9.92. The predicted molar refractivity (Wildman–Crippen MR) is 119 cm³/mol. The number of fused-ring (bicyclic) bond motifs is 1. The van der Waals surface area contributed by atoms with Crippen LogP contribution in [-0.2, 0) is 0 Å². The minimum atomic E-state index is -0.666. The summed E-state index contributed by atoms with van der Waals surface area (Å²) in [4.78, 5) is 16.0. The van der Waals surface area contributed by atoms with E-state index in [1.54, 1.807) is 6.20 Å². The lowest BCUT2D eigenvalue weighted by Gasteiger charge is -2.33. The molecular formula is C23H28F2N6O. The van der Waals surface area contributed by atoms with Crippen molar-refractivity contribution in [2.75, 3.05) is 17.3 Å². The Labute approximate surface area is 185 Å². The number of halogens is 2. The molecule has 9 heteroatoms. The molecule has 1 aromatic carbocycles. The van der Waals surface area contributed by atoms with E-state index >= 15 is 0 Å². The van der Waals surface area contributed by atoms with Gasteiger partial charge in [-0.05, 0) is 50.7 Å². The molecule has 0 aliphatic heterocycles. The van der Waals surface area contributed by atoms with Gasteiger partial charge in [0, 0.05) is 19.1 Å². The van der Waals surface area contributed by atoms with E-state index in [0.29, 0.717) is 23.1 Å². The molecule has 0 radical (unpaired) electrons. The molecule has 7 nitrogen and oxygen atoms in total. The van der Waals surface area contributed by atoms with Crippen molar-refractivity contribution in [1.82, 2.24) is 19.5 Å². The van der Waals surface area contributed by atoms with Gasteiger partial charge < -0.3 is 15.3 Å². The Morgan fingerprint density at radius 2 is 1.72 bits per heavy atom. The lowest BCUT2D eigenvalue weighted by molar-refractivity contribution is 0.122. The Bertz CT molecular complexity index is 1090. The van der Waals surface area contributed by atoms with E-state index < -0.39 is 11.6 Å². The Balaban J connectivity index is 1.54. The van der Waals surface area contributed by atoms with Crippen molar-refractivity contribution >= 4 is 28.7 Å². The van der Waals surface area contributed by atoms with Crippen molar-refractivity contribution in [2.45, 2.75) is 69.6 Å². The fourth-order valence-electron chi connectivity index (χ4n) is 4.99. The van der Waals surface area contributed by atoms with Crippen molar-refractivity contribution in [3.05, 3.63) is 36.0 Å². The molecule has 0 spiro atoms. The number of imidazole rings is 1. The summed E-state index contributed by atoms with van der Waals surface area (Å²) in [7, 11) is 1.98. The molecule has 5 rings (SSSR count). The van der Waals surface area contributed by atoms with Crippen LogP contribution in [0.25, 0.3) is 11.2 Å². The maximum atomic E-state index is 14.3. The minimum absolute atomic E-state index is 0.162. The van der Waals surface area contributed by atoms with Crippen LogP contribution in [0.4, 0.5) is 26.4 Å². The number of hydrogen-bond acceptors (Lipinski definition) is 6. The van der Waals surface area contributed by atoms with Crippen LogP contribution < -0.4 is 10.2 Å². The highest BCUT2D eigenvalue weighted by Gasteiger charge is 2.28. The molecule has 2 aliphatic rings. The van der Waals surface area contributed by atoms with Crippen LogP contribution in [0.2, 0.25) is 0 Å². The smallest absolute Gasteiger partial charge is 0.227 e. The molecule has 0 unspecified atom stereocenters. The van der Waals surface area contributed by atoms with Crippen LogP contribution in [0.15, 0.2) is 24.4 Å². The summed E-state index contributed by atoms with van der Waals surface area (Å²) >= 11 is 0. The van der Waals surface area contributed by atoms with Crippen molar-refractivity contribution in [2.24, 2.45) is 0 Å². The molecule has 2 aromatic heterocycles. The number of anilines is 3. The zero-order chi connectivity index (χ0) is 22.2. The van der Waals surface area contributed by atoms with E-state index in [4.69, 9.17) is 4.98 Å². The topological polar surface area (TPSA) is 79.1 Å². The van der Waals surface area contributed by atoms with E-state index in [9.17, 15) is 13.9 Å². The molecule has 0 saturated heterocycles. The first-order valence-electron chi connectivity index (χ1n) is 11.4. The van der Waals surface area contributed by atoms with Crippen LogP contribution in [0.3, 0.4) is 0 Å². The molecule has 0 bridgehead atoms. The van der Waals surface area contributed by atoms with Gasteiger partial charge in [0.15, 0.2) is 5.65 Å². The molecule has 2 aliphatic carbocycles. The quantitative estimate of drug-likeness (QED) is 0.596. The standard InChI is InChI=1S/C23H28F2N6O/c1-30(14-9-11-16(32)12-10-14)22-26-13-19-21(29-22)31(15-5-2-3-6-15)23(27-19)28-20-17(24)7-4-8-18(20)25/h4,7-8,13-16,32H,2-3,5-6,9-12H2,1H3,(H,27,28). The monoisotopic (exact) mass is 442 g/mol. The number of aliphatic hydroxyl groups is 1. The second-order valence-electron chi connectivity index (χ2n) is 8.92. The second-order valence-corrected chi connectivity index (χ2v) is 8.92. The zero-order valence-electron chi connectivity index (χ0n) is 18.1. The first-order chi connectivity index (χ1) is 15.5. The molecule has 0 amide bonds. The highest BCUT2D eigenvalue weighted by Crippen LogP contribution is 2.37. The predicted octanol–water partition coefficient (Wildman–Crippen LogP) is 4.70. The van der Waals surface area contributed by atoms with E-state index in [2.05, 4.69) is 20.2 Å². The number of aliphatic hydroxyl groups excluding tert-OH is 1. The molecule has 2 heterocycles. The highest BCUT2D eigenvalue weighted by molar-refractivity contribution is 5.77. The van der Waals surface area contributed by atoms with Crippen LogP contribution in [0.1, 0.15) is 57.4 Å². The molecule has 0 atom stereocenters. The third-order valence-corrected chi connectivity index (χ3v) is 6.84. The SMILES string of the molecule is CN(c1ncc2nc(Nc3c(F)cccc3F)n(C3CCCC3)c2n1)C1CCC(O)CC1. The summed E-state index contributed by atoms with van der Waals surface area (Å²) in [5.74, 6) is -0.352. The number of nitrogens with one attached hydrogen (secondary N) is 1. The van der Waals surface area contributed by atoms with E-state index in [-0.39, 0.29) is 23.9 Å². The largest absolute Gasteiger partial charge is 0.393 e. The molecule has 170 valence electrons. The number of hydrogen-bond donors (Lipinski definition) is 2. The van der Waals surface area contributed by atoms with Gasteiger partial charge in [0.2, 0.25) is 11.9 Å². The van der Waals surface area contributed by atoms with Crippen LogP contribution in [0, 0.1) is 11.6 Å². The van der Waals surface area contributed by atoms with Crippen LogP contribution in [0.5, 0.6) is 0 Å². The summed E-state index contributed by atoms with van der Waals surface area (Å²) in [6.07, 6.45) is 8.92. The maximum Gasteiger partial charge on any atom is 0.227 e. The maximum absolute atomic E-state index is 14.3. The van der Waals surface area contributed by atoms with Gasteiger partial charge in [0.1, 0.15) is 22.8 Å². The molecular weight excluding hydrogens is 414 g/mol. The normalized spacial score (nSPS) is 21.9.